The lowest BCUT2D eigenvalue weighted by Crippen LogP contribution is -2.30. The van der Waals surface area contributed by atoms with Gasteiger partial charge in [-0.2, -0.15) is 0 Å². The van der Waals surface area contributed by atoms with Crippen molar-refractivity contribution in [3.8, 4) is 0 Å². The first-order valence-corrected chi connectivity index (χ1v) is 10.2. The van der Waals surface area contributed by atoms with Gasteiger partial charge < -0.3 is 10.1 Å². The Balaban J connectivity index is 1.54. The molecule has 0 fully saturated rings. The molecule has 0 unspecified atom stereocenters. The summed E-state index contributed by atoms with van der Waals surface area (Å²) < 4.78 is 5.25. The Labute approximate surface area is 165 Å². The summed E-state index contributed by atoms with van der Waals surface area (Å²) in [4.78, 5) is 33.7. The van der Waals surface area contributed by atoms with Crippen LogP contribution in [0.15, 0.2) is 41.0 Å². The highest BCUT2D eigenvalue weighted by Crippen LogP contribution is 2.27. The second kappa shape index (κ2) is 8.49. The minimum Gasteiger partial charge on any atom is -0.452 e. The Morgan fingerprint density at radius 1 is 1.26 bits per heavy atom. The number of fused-ring (bicyclic) bond motifs is 1. The van der Waals surface area contributed by atoms with Crippen LogP contribution in [0.3, 0.4) is 0 Å². The van der Waals surface area contributed by atoms with Gasteiger partial charge >= 0.3 is 5.97 Å². The fourth-order valence-electron chi connectivity index (χ4n) is 2.48. The summed E-state index contributed by atoms with van der Waals surface area (Å²) in [6, 6.07) is 7.67. The maximum Gasteiger partial charge on any atom is 0.317 e. The summed E-state index contributed by atoms with van der Waals surface area (Å²) in [5.74, 6) is -0.754. The number of esters is 1. The molecule has 0 spiro atoms. The Morgan fingerprint density at radius 2 is 2.07 bits per heavy atom. The molecule has 6 nitrogen and oxygen atoms in total. The van der Waals surface area contributed by atoms with Crippen molar-refractivity contribution < 1.29 is 14.3 Å². The first kappa shape index (κ1) is 19.3. The number of hydrogen-bond acceptors (Lipinski definition) is 7. The highest BCUT2D eigenvalue weighted by molar-refractivity contribution is 8.00. The molecule has 2 aromatic heterocycles. The van der Waals surface area contributed by atoms with Gasteiger partial charge in [0, 0.05) is 11.1 Å². The number of carbonyl (C=O) groups excluding carboxylic acids is 2. The third-order valence-corrected chi connectivity index (χ3v) is 5.67. The van der Waals surface area contributed by atoms with Crippen LogP contribution < -0.4 is 5.32 Å². The minimum absolute atomic E-state index is 0.0726. The molecule has 8 heteroatoms. The van der Waals surface area contributed by atoms with E-state index in [1.54, 1.807) is 6.92 Å². The Hall–Kier alpha value is -2.45. The number of aryl methyl sites for hydroxylation is 2. The van der Waals surface area contributed by atoms with Gasteiger partial charge in [-0.25, -0.2) is 9.97 Å². The zero-order valence-corrected chi connectivity index (χ0v) is 16.8. The van der Waals surface area contributed by atoms with Crippen LogP contribution in [0.4, 0.5) is 5.69 Å². The van der Waals surface area contributed by atoms with Crippen LogP contribution in [0, 0.1) is 13.8 Å². The maximum atomic E-state index is 12.3. The Kier molecular flexibility index (Phi) is 6.08. The van der Waals surface area contributed by atoms with Gasteiger partial charge in [0.15, 0.2) is 6.10 Å². The van der Waals surface area contributed by atoms with Gasteiger partial charge in [0.2, 0.25) is 0 Å². The smallest absolute Gasteiger partial charge is 0.317 e. The normalized spacial score (nSPS) is 12.0. The fraction of sp³-hybridized carbons (Fsp3) is 0.263. The van der Waals surface area contributed by atoms with Crippen LogP contribution in [0.2, 0.25) is 0 Å². The average Bonchev–Trinajstić information content (AvgIpc) is 3.11. The number of thioether (sulfide) groups is 1. The first-order valence-electron chi connectivity index (χ1n) is 8.32. The quantitative estimate of drug-likeness (QED) is 0.382. The summed E-state index contributed by atoms with van der Waals surface area (Å²) in [7, 11) is 0. The Morgan fingerprint density at radius 3 is 2.85 bits per heavy atom. The molecule has 0 saturated carbocycles. The molecule has 1 atom stereocenters. The topological polar surface area (TPSA) is 81.2 Å². The van der Waals surface area contributed by atoms with E-state index in [4.69, 9.17) is 4.74 Å². The summed E-state index contributed by atoms with van der Waals surface area (Å²) in [5, 5.41) is 6.37. The first-order chi connectivity index (χ1) is 12.9. The standard InChI is InChI=1S/C19H19N3O3S2/c1-11-4-5-15(12(2)8-11)22-17(24)13(3)25-16(23)9-27-19-14-6-7-26-18(14)20-10-21-19/h4-8,10,13H,9H2,1-3H3,(H,22,24)/t13-/m0/s1. The van der Waals surface area contributed by atoms with Crippen LogP contribution >= 0.6 is 23.1 Å². The van der Waals surface area contributed by atoms with E-state index in [2.05, 4.69) is 15.3 Å². The van der Waals surface area contributed by atoms with Crippen molar-refractivity contribution in [3.05, 3.63) is 47.1 Å². The molecular formula is C19H19N3O3S2. The van der Waals surface area contributed by atoms with E-state index in [-0.39, 0.29) is 11.7 Å². The number of benzene rings is 1. The Bertz CT molecular complexity index is 987. The van der Waals surface area contributed by atoms with Crippen molar-refractivity contribution >= 4 is 50.9 Å². The van der Waals surface area contributed by atoms with Gasteiger partial charge in [-0.3, -0.25) is 9.59 Å². The van der Waals surface area contributed by atoms with Crippen molar-refractivity contribution in [2.24, 2.45) is 0 Å². The lowest BCUT2D eigenvalue weighted by atomic mass is 10.1. The van der Waals surface area contributed by atoms with E-state index in [0.29, 0.717) is 5.69 Å². The highest BCUT2D eigenvalue weighted by atomic mass is 32.2. The van der Waals surface area contributed by atoms with Crippen LogP contribution in [0.1, 0.15) is 18.1 Å². The van der Waals surface area contributed by atoms with Gasteiger partial charge in [-0.15, -0.1) is 11.3 Å². The van der Waals surface area contributed by atoms with Gasteiger partial charge in [0.05, 0.1) is 5.75 Å². The van der Waals surface area contributed by atoms with E-state index in [1.807, 2.05) is 43.5 Å². The number of ether oxygens (including phenoxy) is 1. The molecule has 3 aromatic rings. The lowest BCUT2D eigenvalue weighted by molar-refractivity contribution is -0.150. The number of rotatable bonds is 6. The number of amides is 1. The van der Waals surface area contributed by atoms with E-state index >= 15 is 0 Å². The predicted molar refractivity (Wildman–Crippen MR) is 108 cm³/mol. The van der Waals surface area contributed by atoms with E-state index in [0.717, 1.165) is 26.4 Å². The molecule has 0 saturated heterocycles. The zero-order chi connectivity index (χ0) is 19.4. The van der Waals surface area contributed by atoms with Gasteiger partial charge in [0.1, 0.15) is 16.2 Å². The lowest BCUT2D eigenvalue weighted by Gasteiger charge is -2.15. The number of carbonyl (C=O) groups is 2. The molecule has 1 N–H and O–H groups in total. The highest BCUT2D eigenvalue weighted by Gasteiger charge is 2.19. The predicted octanol–water partition coefficient (Wildman–Crippen LogP) is 3.97. The summed E-state index contributed by atoms with van der Waals surface area (Å²) in [6.07, 6.45) is 0.595. The van der Waals surface area contributed by atoms with E-state index in [1.165, 1.54) is 29.4 Å². The van der Waals surface area contributed by atoms with Crippen LogP contribution in [0.5, 0.6) is 0 Å². The van der Waals surface area contributed by atoms with Crippen molar-refractivity contribution in [1.29, 1.82) is 0 Å². The summed E-state index contributed by atoms with van der Waals surface area (Å²) in [5.41, 5.74) is 2.79. The number of anilines is 1. The van der Waals surface area contributed by atoms with Crippen LogP contribution in [0.25, 0.3) is 10.2 Å². The van der Waals surface area contributed by atoms with E-state index in [9.17, 15) is 9.59 Å². The number of nitrogens with one attached hydrogen (secondary N) is 1. The third-order valence-electron chi connectivity index (χ3n) is 3.87. The molecule has 1 amide bonds. The molecule has 3 rings (SSSR count). The molecule has 140 valence electrons. The van der Waals surface area contributed by atoms with E-state index < -0.39 is 12.1 Å². The minimum atomic E-state index is -0.884. The van der Waals surface area contributed by atoms with Crippen molar-refractivity contribution in [2.45, 2.75) is 31.9 Å². The zero-order valence-electron chi connectivity index (χ0n) is 15.2. The largest absolute Gasteiger partial charge is 0.452 e. The SMILES string of the molecule is Cc1ccc(NC(=O)[C@H](C)OC(=O)CSc2ncnc3sccc23)c(C)c1. The summed E-state index contributed by atoms with van der Waals surface area (Å²) in [6.45, 7) is 5.47. The fourth-order valence-corrected chi connectivity index (χ4v) is 4.04. The average molecular weight is 402 g/mol. The van der Waals surface area contributed by atoms with Crippen LogP contribution in [-0.4, -0.2) is 33.7 Å². The van der Waals surface area contributed by atoms with Gasteiger partial charge in [0.25, 0.3) is 5.91 Å². The van der Waals surface area contributed by atoms with Crippen molar-refractivity contribution in [1.82, 2.24) is 9.97 Å². The molecule has 2 heterocycles. The molecular weight excluding hydrogens is 382 g/mol. The maximum absolute atomic E-state index is 12.3. The second-order valence-electron chi connectivity index (χ2n) is 6.05. The van der Waals surface area contributed by atoms with Crippen molar-refractivity contribution in [3.63, 3.8) is 0 Å². The molecule has 27 heavy (non-hydrogen) atoms. The number of nitrogens with zero attached hydrogens (tertiary/aromatic N) is 2. The molecule has 0 aliphatic carbocycles. The number of hydrogen-bond donors (Lipinski definition) is 1. The van der Waals surface area contributed by atoms with Gasteiger partial charge in [-0.1, -0.05) is 29.5 Å². The number of aromatic nitrogens is 2. The monoisotopic (exact) mass is 401 g/mol. The molecule has 1 aromatic carbocycles. The third kappa shape index (κ3) is 4.84. The summed E-state index contributed by atoms with van der Waals surface area (Å²) >= 11 is 2.79. The molecule has 0 aliphatic rings. The molecule has 0 bridgehead atoms. The van der Waals surface area contributed by atoms with Gasteiger partial charge in [-0.05, 0) is 43.8 Å². The van der Waals surface area contributed by atoms with Crippen molar-refractivity contribution in [2.75, 3.05) is 11.1 Å². The van der Waals surface area contributed by atoms with Crippen LogP contribution in [-0.2, 0) is 14.3 Å². The number of thiophene rings is 1. The molecule has 0 aliphatic heterocycles. The molecule has 0 radical (unpaired) electrons. The second-order valence-corrected chi connectivity index (χ2v) is 7.91.